The zero-order chi connectivity index (χ0) is 19.7. The lowest BCUT2D eigenvalue weighted by Gasteiger charge is -2.39. The molecule has 0 bridgehead atoms. The van der Waals surface area contributed by atoms with Crippen molar-refractivity contribution in [3.8, 4) is 0 Å². The standard InChI is InChI=1S/C21H24FN3O3/c22-18-6-2-1-5-17(18)21(9-3-4-10-21)20(28)24-11-7-16(8-12-24)25-14-15(13-23-25)19(26)27/h1-2,5-6,13-14,16H,3-4,7-12H2,(H,26,27). The van der Waals surface area contributed by atoms with E-state index in [1.54, 1.807) is 29.1 Å². The molecule has 1 aromatic carbocycles. The van der Waals surface area contributed by atoms with Crippen LogP contribution in [-0.2, 0) is 10.2 Å². The summed E-state index contributed by atoms with van der Waals surface area (Å²) in [6.45, 7) is 1.14. The van der Waals surface area contributed by atoms with Gasteiger partial charge in [0.2, 0.25) is 5.91 Å². The molecule has 1 aromatic heterocycles. The number of carbonyl (C=O) groups is 2. The summed E-state index contributed by atoms with van der Waals surface area (Å²) < 4.78 is 16.2. The Hall–Kier alpha value is -2.70. The van der Waals surface area contributed by atoms with E-state index in [2.05, 4.69) is 5.10 Å². The van der Waals surface area contributed by atoms with Crippen LogP contribution in [0.3, 0.4) is 0 Å². The van der Waals surface area contributed by atoms with Crippen molar-refractivity contribution >= 4 is 11.9 Å². The van der Waals surface area contributed by atoms with Gasteiger partial charge in [0.15, 0.2) is 0 Å². The number of carboxylic acids is 1. The van der Waals surface area contributed by atoms with Crippen LogP contribution in [0, 0.1) is 5.82 Å². The quantitative estimate of drug-likeness (QED) is 0.875. The van der Waals surface area contributed by atoms with Crippen LogP contribution in [0.25, 0.3) is 0 Å². The molecular formula is C21H24FN3O3. The summed E-state index contributed by atoms with van der Waals surface area (Å²) >= 11 is 0. The van der Waals surface area contributed by atoms with Crippen LogP contribution in [0.5, 0.6) is 0 Å². The first-order valence-corrected chi connectivity index (χ1v) is 9.83. The Labute approximate surface area is 163 Å². The van der Waals surface area contributed by atoms with Gasteiger partial charge in [-0.05, 0) is 31.7 Å². The highest BCUT2D eigenvalue weighted by Gasteiger charge is 2.46. The fourth-order valence-corrected chi connectivity index (χ4v) is 4.71. The maximum atomic E-state index is 14.5. The Morgan fingerprint density at radius 3 is 2.43 bits per heavy atom. The first-order valence-electron chi connectivity index (χ1n) is 9.83. The van der Waals surface area contributed by atoms with Gasteiger partial charge < -0.3 is 10.0 Å². The van der Waals surface area contributed by atoms with Crippen molar-refractivity contribution < 1.29 is 19.1 Å². The summed E-state index contributed by atoms with van der Waals surface area (Å²) in [5, 5.41) is 13.2. The number of aromatic nitrogens is 2. The van der Waals surface area contributed by atoms with Crippen LogP contribution in [0.2, 0.25) is 0 Å². The molecule has 1 amide bonds. The second-order valence-electron chi connectivity index (χ2n) is 7.81. The number of nitrogens with zero attached hydrogens (tertiary/aromatic N) is 3. The predicted octanol–water partition coefficient (Wildman–Crippen LogP) is 3.40. The first-order chi connectivity index (χ1) is 13.5. The molecule has 1 N–H and O–H groups in total. The highest BCUT2D eigenvalue weighted by molar-refractivity contribution is 5.89. The van der Waals surface area contributed by atoms with Gasteiger partial charge in [0, 0.05) is 24.8 Å². The molecule has 4 rings (SSSR count). The molecule has 7 heteroatoms. The third kappa shape index (κ3) is 3.19. The molecule has 2 fully saturated rings. The summed E-state index contributed by atoms with van der Waals surface area (Å²) in [5.41, 5.74) is -0.0545. The molecule has 2 aromatic rings. The van der Waals surface area contributed by atoms with E-state index in [1.807, 2.05) is 4.90 Å². The van der Waals surface area contributed by atoms with Crippen LogP contribution < -0.4 is 0 Å². The Balaban J connectivity index is 1.49. The number of halogens is 1. The lowest BCUT2D eigenvalue weighted by Crippen LogP contribution is -2.49. The third-order valence-corrected chi connectivity index (χ3v) is 6.23. The zero-order valence-electron chi connectivity index (χ0n) is 15.7. The van der Waals surface area contributed by atoms with Crippen molar-refractivity contribution in [2.24, 2.45) is 0 Å². The topological polar surface area (TPSA) is 75.4 Å². The van der Waals surface area contributed by atoms with Gasteiger partial charge >= 0.3 is 5.97 Å². The second kappa shape index (κ2) is 7.37. The second-order valence-corrected chi connectivity index (χ2v) is 7.81. The lowest BCUT2D eigenvalue weighted by molar-refractivity contribution is -0.138. The van der Waals surface area contributed by atoms with Crippen LogP contribution in [-0.4, -0.2) is 44.8 Å². The molecule has 1 saturated carbocycles. The van der Waals surface area contributed by atoms with Crippen LogP contribution in [0.1, 0.15) is 60.5 Å². The minimum absolute atomic E-state index is 0.0280. The predicted molar refractivity (Wildman–Crippen MR) is 101 cm³/mol. The fraction of sp³-hybridized carbons (Fsp3) is 0.476. The molecule has 6 nitrogen and oxygen atoms in total. The van der Waals surface area contributed by atoms with E-state index in [4.69, 9.17) is 5.11 Å². The maximum absolute atomic E-state index is 14.5. The molecule has 1 aliphatic carbocycles. The van der Waals surface area contributed by atoms with Crippen molar-refractivity contribution in [2.75, 3.05) is 13.1 Å². The minimum atomic E-state index is -0.994. The summed E-state index contributed by atoms with van der Waals surface area (Å²) in [5.74, 6) is -1.27. The van der Waals surface area contributed by atoms with Crippen LogP contribution in [0.4, 0.5) is 4.39 Å². The zero-order valence-corrected chi connectivity index (χ0v) is 15.7. The summed E-state index contributed by atoms with van der Waals surface area (Å²) in [6.07, 6.45) is 7.55. The molecule has 1 aliphatic heterocycles. The molecule has 0 atom stereocenters. The van der Waals surface area contributed by atoms with Crippen molar-refractivity contribution in [2.45, 2.75) is 50.0 Å². The van der Waals surface area contributed by atoms with Gasteiger partial charge in [0.05, 0.1) is 23.2 Å². The average Bonchev–Trinajstić information content (AvgIpc) is 3.39. The number of amides is 1. The monoisotopic (exact) mass is 385 g/mol. The van der Waals surface area contributed by atoms with Gasteiger partial charge in [-0.3, -0.25) is 9.48 Å². The highest BCUT2D eigenvalue weighted by atomic mass is 19.1. The van der Waals surface area contributed by atoms with Gasteiger partial charge in [0.1, 0.15) is 5.82 Å². The van der Waals surface area contributed by atoms with Crippen molar-refractivity contribution in [1.82, 2.24) is 14.7 Å². The minimum Gasteiger partial charge on any atom is -0.478 e. The molecule has 28 heavy (non-hydrogen) atoms. The van der Waals surface area contributed by atoms with Crippen molar-refractivity contribution in [1.29, 1.82) is 0 Å². The average molecular weight is 385 g/mol. The Morgan fingerprint density at radius 2 is 1.82 bits per heavy atom. The van der Waals surface area contributed by atoms with E-state index in [0.717, 1.165) is 12.8 Å². The van der Waals surface area contributed by atoms with E-state index >= 15 is 0 Å². The Bertz CT molecular complexity index is 881. The maximum Gasteiger partial charge on any atom is 0.338 e. The highest BCUT2D eigenvalue weighted by Crippen LogP contribution is 2.44. The first kappa shape index (κ1) is 18.7. The van der Waals surface area contributed by atoms with E-state index in [-0.39, 0.29) is 23.3 Å². The van der Waals surface area contributed by atoms with E-state index in [0.29, 0.717) is 44.3 Å². The van der Waals surface area contributed by atoms with Gasteiger partial charge in [-0.2, -0.15) is 5.10 Å². The van der Waals surface area contributed by atoms with Crippen LogP contribution in [0.15, 0.2) is 36.7 Å². The number of aromatic carboxylic acids is 1. The molecule has 0 spiro atoms. The molecule has 2 heterocycles. The Kier molecular flexibility index (Phi) is 4.91. The number of piperidine rings is 1. The van der Waals surface area contributed by atoms with Gasteiger partial charge in [-0.15, -0.1) is 0 Å². The number of likely N-dealkylation sites (tertiary alicyclic amines) is 1. The molecule has 2 aliphatic rings. The van der Waals surface area contributed by atoms with Gasteiger partial charge in [-0.1, -0.05) is 31.0 Å². The molecule has 0 radical (unpaired) electrons. The molecule has 148 valence electrons. The molecule has 0 unspecified atom stereocenters. The number of rotatable bonds is 4. The number of hydrogen-bond donors (Lipinski definition) is 1. The molecule has 1 saturated heterocycles. The van der Waals surface area contributed by atoms with Gasteiger partial charge in [0.25, 0.3) is 0 Å². The van der Waals surface area contributed by atoms with Gasteiger partial charge in [-0.25, -0.2) is 9.18 Å². The Morgan fingerprint density at radius 1 is 1.14 bits per heavy atom. The lowest BCUT2D eigenvalue weighted by atomic mass is 9.77. The summed E-state index contributed by atoms with van der Waals surface area (Å²) in [6, 6.07) is 6.72. The third-order valence-electron chi connectivity index (χ3n) is 6.23. The van der Waals surface area contributed by atoms with E-state index in [9.17, 15) is 14.0 Å². The summed E-state index contributed by atoms with van der Waals surface area (Å²) in [4.78, 5) is 26.4. The number of carbonyl (C=O) groups excluding carboxylic acids is 1. The summed E-state index contributed by atoms with van der Waals surface area (Å²) in [7, 11) is 0. The largest absolute Gasteiger partial charge is 0.478 e. The fourth-order valence-electron chi connectivity index (χ4n) is 4.71. The van der Waals surface area contributed by atoms with Crippen molar-refractivity contribution in [3.05, 3.63) is 53.6 Å². The SMILES string of the molecule is O=C(O)c1cnn(C2CCN(C(=O)C3(c4ccccc4F)CCCC3)CC2)c1. The van der Waals surface area contributed by atoms with Crippen molar-refractivity contribution in [3.63, 3.8) is 0 Å². The number of hydrogen-bond acceptors (Lipinski definition) is 3. The number of benzene rings is 1. The number of carboxylic acid groups (broad SMARTS) is 1. The smallest absolute Gasteiger partial charge is 0.338 e. The van der Waals surface area contributed by atoms with E-state index in [1.165, 1.54) is 12.3 Å². The van der Waals surface area contributed by atoms with Crippen LogP contribution >= 0.6 is 0 Å². The van der Waals surface area contributed by atoms with E-state index < -0.39 is 11.4 Å². The normalized spacial score (nSPS) is 19.7. The molecular weight excluding hydrogens is 361 g/mol.